The minimum absolute atomic E-state index is 0.261. The Bertz CT molecular complexity index is 220. The Morgan fingerprint density at radius 2 is 1.60 bits per heavy atom. The molecule has 1 aliphatic heterocycles. The second-order valence-electron chi connectivity index (χ2n) is 7.11. The zero-order valence-corrected chi connectivity index (χ0v) is 14.0. The molecule has 1 saturated heterocycles. The lowest BCUT2D eigenvalue weighted by atomic mass is 10.1. The van der Waals surface area contributed by atoms with Crippen molar-refractivity contribution in [2.24, 2.45) is 0 Å². The molecule has 1 aliphatic rings. The van der Waals surface area contributed by atoms with Crippen LogP contribution in [-0.4, -0.2) is 49.8 Å². The van der Waals surface area contributed by atoms with E-state index in [1.165, 1.54) is 58.0 Å². The van der Waals surface area contributed by atoms with Crippen LogP contribution in [0.3, 0.4) is 0 Å². The molecule has 0 aliphatic carbocycles. The molecule has 1 N–H and O–H groups in total. The van der Waals surface area contributed by atoms with E-state index < -0.39 is 0 Å². The van der Waals surface area contributed by atoms with E-state index in [2.05, 4.69) is 31.0 Å². The van der Waals surface area contributed by atoms with Crippen LogP contribution in [0, 0.1) is 0 Å². The Morgan fingerprint density at radius 1 is 0.900 bits per heavy atom. The van der Waals surface area contributed by atoms with Gasteiger partial charge < -0.3 is 15.0 Å². The van der Waals surface area contributed by atoms with Gasteiger partial charge in [0.1, 0.15) is 0 Å². The van der Waals surface area contributed by atoms with Crippen LogP contribution in [-0.2, 0) is 4.74 Å². The lowest BCUT2D eigenvalue weighted by Gasteiger charge is -2.26. The van der Waals surface area contributed by atoms with E-state index in [1.807, 2.05) is 0 Å². The molecule has 1 heterocycles. The molecule has 0 aromatic heterocycles. The first kappa shape index (κ1) is 17.9. The van der Waals surface area contributed by atoms with Crippen molar-refractivity contribution in [1.82, 2.24) is 10.2 Å². The van der Waals surface area contributed by atoms with E-state index >= 15 is 0 Å². The number of ether oxygens (including phenoxy) is 1. The molecular formula is C17H36N2O. The summed E-state index contributed by atoms with van der Waals surface area (Å²) in [4.78, 5) is 2.54. The van der Waals surface area contributed by atoms with Gasteiger partial charge in [-0.2, -0.15) is 0 Å². The summed E-state index contributed by atoms with van der Waals surface area (Å²) in [5.41, 5.74) is 0.261. The number of hydrogen-bond donors (Lipinski definition) is 1. The van der Waals surface area contributed by atoms with Gasteiger partial charge in [0.15, 0.2) is 0 Å². The number of nitrogens with zero attached hydrogens (tertiary/aromatic N) is 1. The molecular weight excluding hydrogens is 248 g/mol. The van der Waals surface area contributed by atoms with Gasteiger partial charge in [-0.3, -0.25) is 0 Å². The Morgan fingerprint density at radius 3 is 2.30 bits per heavy atom. The molecule has 0 amide bonds. The monoisotopic (exact) mass is 284 g/mol. The highest BCUT2D eigenvalue weighted by Gasteiger charge is 2.09. The van der Waals surface area contributed by atoms with Crippen molar-refractivity contribution in [2.45, 2.75) is 71.3 Å². The minimum atomic E-state index is 0.261. The van der Waals surface area contributed by atoms with Gasteiger partial charge in [0.2, 0.25) is 0 Å². The molecule has 0 atom stereocenters. The van der Waals surface area contributed by atoms with Crippen LogP contribution < -0.4 is 5.32 Å². The number of piperidine rings is 1. The van der Waals surface area contributed by atoms with Crippen molar-refractivity contribution >= 4 is 0 Å². The van der Waals surface area contributed by atoms with Gasteiger partial charge in [0, 0.05) is 18.7 Å². The fraction of sp³-hybridized carbons (Fsp3) is 1.00. The third-order valence-corrected chi connectivity index (χ3v) is 3.87. The van der Waals surface area contributed by atoms with Crippen LogP contribution in [0.2, 0.25) is 0 Å². The highest BCUT2D eigenvalue weighted by molar-refractivity contribution is 4.69. The van der Waals surface area contributed by atoms with Gasteiger partial charge in [0.25, 0.3) is 0 Å². The molecule has 0 bridgehead atoms. The summed E-state index contributed by atoms with van der Waals surface area (Å²) in [5, 5.41) is 3.53. The lowest BCUT2D eigenvalue weighted by Crippen LogP contribution is -2.36. The highest BCUT2D eigenvalue weighted by atomic mass is 16.5. The standard InChI is InChI=1S/C17H36N2O/c1-17(2,3)18-11-7-4-5-10-15-20-16-14-19-12-8-6-9-13-19/h18H,4-16H2,1-3H3. The van der Waals surface area contributed by atoms with Crippen LogP contribution >= 0.6 is 0 Å². The first-order chi connectivity index (χ1) is 9.58. The van der Waals surface area contributed by atoms with Gasteiger partial charge >= 0.3 is 0 Å². The van der Waals surface area contributed by atoms with E-state index in [1.54, 1.807) is 0 Å². The number of nitrogens with one attached hydrogen (secondary N) is 1. The molecule has 20 heavy (non-hydrogen) atoms. The molecule has 0 aromatic carbocycles. The van der Waals surface area contributed by atoms with Crippen molar-refractivity contribution in [2.75, 3.05) is 39.4 Å². The summed E-state index contributed by atoms with van der Waals surface area (Å²) in [6.07, 6.45) is 9.29. The zero-order chi connectivity index (χ0) is 14.7. The Labute approximate surface area is 126 Å². The fourth-order valence-electron chi connectivity index (χ4n) is 2.62. The SMILES string of the molecule is CC(C)(C)NCCCCCCOCCN1CCCCC1. The average Bonchev–Trinajstić information content (AvgIpc) is 2.41. The first-order valence-electron chi connectivity index (χ1n) is 8.63. The molecule has 120 valence electrons. The molecule has 0 aromatic rings. The Hall–Kier alpha value is -0.120. The summed E-state index contributed by atoms with van der Waals surface area (Å²) in [7, 11) is 0. The van der Waals surface area contributed by atoms with Gasteiger partial charge in [-0.1, -0.05) is 19.3 Å². The van der Waals surface area contributed by atoms with Gasteiger partial charge in [-0.15, -0.1) is 0 Å². The van der Waals surface area contributed by atoms with Crippen LogP contribution in [0.15, 0.2) is 0 Å². The van der Waals surface area contributed by atoms with Crippen molar-refractivity contribution in [3.63, 3.8) is 0 Å². The molecule has 0 unspecified atom stereocenters. The fourth-order valence-corrected chi connectivity index (χ4v) is 2.62. The molecule has 3 heteroatoms. The van der Waals surface area contributed by atoms with Crippen molar-refractivity contribution in [3.05, 3.63) is 0 Å². The second kappa shape index (κ2) is 10.6. The largest absolute Gasteiger partial charge is 0.380 e. The third-order valence-electron chi connectivity index (χ3n) is 3.87. The highest BCUT2D eigenvalue weighted by Crippen LogP contribution is 2.08. The summed E-state index contributed by atoms with van der Waals surface area (Å²) < 4.78 is 5.74. The number of hydrogen-bond acceptors (Lipinski definition) is 3. The molecule has 0 spiro atoms. The predicted octanol–water partition coefficient (Wildman–Crippen LogP) is 3.44. The molecule has 0 radical (unpaired) electrons. The van der Waals surface area contributed by atoms with E-state index in [0.29, 0.717) is 0 Å². The predicted molar refractivity (Wildman–Crippen MR) is 87.3 cm³/mol. The smallest absolute Gasteiger partial charge is 0.0593 e. The molecule has 3 nitrogen and oxygen atoms in total. The molecule has 0 saturated carbocycles. The second-order valence-corrected chi connectivity index (χ2v) is 7.11. The maximum atomic E-state index is 5.74. The zero-order valence-electron chi connectivity index (χ0n) is 14.0. The van der Waals surface area contributed by atoms with Gasteiger partial charge in [-0.25, -0.2) is 0 Å². The lowest BCUT2D eigenvalue weighted by molar-refractivity contribution is 0.0938. The minimum Gasteiger partial charge on any atom is -0.380 e. The van der Waals surface area contributed by atoms with Gasteiger partial charge in [0.05, 0.1) is 6.61 Å². The quantitative estimate of drug-likeness (QED) is 0.622. The summed E-state index contributed by atoms with van der Waals surface area (Å²) in [6.45, 7) is 13.4. The van der Waals surface area contributed by atoms with Crippen molar-refractivity contribution in [1.29, 1.82) is 0 Å². The van der Waals surface area contributed by atoms with Crippen molar-refractivity contribution in [3.8, 4) is 0 Å². The number of rotatable bonds is 10. The summed E-state index contributed by atoms with van der Waals surface area (Å²) in [6, 6.07) is 0. The van der Waals surface area contributed by atoms with Crippen molar-refractivity contribution < 1.29 is 4.74 Å². The van der Waals surface area contributed by atoms with Crippen LogP contribution in [0.5, 0.6) is 0 Å². The Balaban J connectivity index is 1.76. The van der Waals surface area contributed by atoms with E-state index in [4.69, 9.17) is 4.74 Å². The van der Waals surface area contributed by atoms with E-state index in [-0.39, 0.29) is 5.54 Å². The van der Waals surface area contributed by atoms with E-state index in [0.717, 1.165) is 26.3 Å². The summed E-state index contributed by atoms with van der Waals surface area (Å²) in [5.74, 6) is 0. The summed E-state index contributed by atoms with van der Waals surface area (Å²) >= 11 is 0. The maximum absolute atomic E-state index is 5.74. The Kier molecular flexibility index (Phi) is 9.49. The topological polar surface area (TPSA) is 24.5 Å². The van der Waals surface area contributed by atoms with Crippen LogP contribution in [0.1, 0.15) is 65.7 Å². The third kappa shape index (κ3) is 10.6. The number of likely N-dealkylation sites (tertiary alicyclic amines) is 1. The van der Waals surface area contributed by atoms with Crippen LogP contribution in [0.25, 0.3) is 0 Å². The molecule has 1 fully saturated rings. The van der Waals surface area contributed by atoms with Gasteiger partial charge in [-0.05, 0) is 66.1 Å². The normalized spacial score (nSPS) is 17.6. The first-order valence-corrected chi connectivity index (χ1v) is 8.63. The molecule has 1 rings (SSSR count). The van der Waals surface area contributed by atoms with E-state index in [9.17, 15) is 0 Å². The average molecular weight is 284 g/mol. The van der Waals surface area contributed by atoms with Crippen LogP contribution in [0.4, 0.5) is 0 Å². The maximum Gasteiger partial charge on any atom is 0.0593 e. The number of unbranched alkanes of at least 4 members (excludes halogenated alkanes) is 3.